The number of nitrogens with one attached hydrogen (secondary N) is 1. The fraction of sp³-hybridized carbons (Fsp3) is 0.625. The van der Waals surface area contributed by atoms with Gasteiger partial charge in [-0.2, -0.15) is 11.8 Å². The molecule has 0 aliphatic carbocycles. The molecule has 1 aromatic rings. The Morgan fingerprint density at radius 2 is 2.23 bits per heavy atom. The summed E-state index contributed by atoms with van der Waals surface area (Å²) in [5, 5.41) is 3.44. The third-order valence-electron chi connectivity index (χ3n) is 4.27. The van der Waals surface area contributed by atoms with E-state index in [4.69, 9.17) is 0 Å². The number of hydrogen-bond acceptors (Lipinski definition) is 5. The summed E-state index contributed by atoms with van der Waals surface area (Å²) >= 11 is 1.95. The van der Waals surface area contributed by atoms with Crippen molar-refractivity contribution in [3.05, 3.63) is 30.1 Å². The lowest BCUT2D eigenvalue weighted by Crippen LogP contribution is -2.50. The smallest absolute Gasteiger partial charge is 0.224 e. The van der Waals surface area contributed by atoms with Gasteiger partial charge in [-0.05, 0) is 11.6 Å². The first-order valence-electron chi connectivity index (χ1n) is 8.01. The number of amides is 1. The lowest BCUT2D eigenvalue weighted by atomic mass is 10.2. The topological polar surface area (TPSA) is 48.5 Å². The third-order valence-corrected chi connectivity index (χ3v) is 5.40. The Morgan fingerprint density at radius 1 is 1.36 bits per heavy atom. The van der Waals surface area contributed by atoms with Crippen molar-refractivity contribution in [1.82, 2.24) is 20.1 Å². The Morgan fingerprint density at radius 3 is 2.91 bits per heavy atom. The van der Waals surface area contributed by atoms with Gasteiger partial charge in [0.15, 0.2) is 0 Å². The molecule has 0 saturated carbocycles. The quantitative estimate of drug-likeness (QED) is 0.890. The summed E-state index contributed by atoms with van der Waals surface area (Å²) < 4.78 is 0. The Kier molecular flexibility index (Phi) is 5.70. The molecular weight excluding hydrogens is 296 g/mol. The van der Waals surface area contributed by atoms with Crippen molar-refractivity contribution in [2.75, 3.05) is 44.2 Å². The van der Waals surface area contributed by atoms with Crippen LogP contribution in [0.5, 0.6) is 0 Å². The molecule has 6 heteroatoms. The van der Waals surface area contributed by atoms with Gasteiger partial charge in [0.05, 0.1) is 0 Å². The first-order valence-corrected chi connectivity index (χ1v) is 9.17. The van der Waals surface area contributed by atoms with Crippen LogP contribution in [0.15, 0.2) is 24.5 Å². The molecule has 3 rings (SSSR count). The van der Waals surface area contributed by atoms with Gasteiger partial charge >= 0.3 is 0 Å². The molecule has 1 atom stereocenters. The van der Waals surface area contributed by atoms with Crippen LogP contribution in [0.3, 0.4) is 0 Å². The summed E-state index contributed by atoms with van der Waals surface area (Å²) in [6, 6.07) is 4.45. The van der Waals surface area contributed by atoms with E-state index in [1.165, 1.54) is 5.56 Å². The van der Waals surface area contributed by atoms with Crippen molar-refractivity contribution in [2.45, 2.75) is 19.0 Å². The average molecular weight is 320 g/mol. The normalized spacial score (nSPS) is 23.5. The highest BCUT2D eigenvalue weighted by molar-refractivity contribution is 7.99. The van der Waals surface area contributed by atoms with Crippen LogP contribution in [0, 0.1) is 0 Å². The zero-order valence-electron chi connectivity index (χ0n) is 12.9. The van der Waals surface area contributed by atoms with Gasteiger partial charge in [0, 0.05) is 75.6 Å². The molecule has 2 fully saturated rings. The Labute approximate surface area is 136 Å². The Bertz CT molecular complexity index is 470. The number of nitrogens with zero attached hydrogens (tertiary/aromatic N) is 3. The molecule has 1 unspecified atom stereocenters. The highest BCUT2D eigenvalue weighted by Gasteiger charge is 2.24. The van der Waals surface area contributed by atoms with E-state index in [2.05, 4.69) is 21.3 Å². The molecule has 120 valence electrons. The fourth-order valence-corrected chi connectivity index (χ4v) is 3.95. The van der Waals surface area contributed by atoms with Crippen molar-refractivity contribution in [3.63, 3.8) is 0 Å². The van der Waals surface area contributed by atoms with E-state index < -0.39 is 0 Å². The summed E-state index contributed by atoms with van der Waals surface area (Å²) in [7, 11) is 0. The largest absolute Gasteiger partial charge is 0.340 e. The number of piperazine rings is 1. The lowest BCUT2D eigenvalue weighted by molar-refractivity contribution is -0.133. The molecule has 2 saturated heterocycles. The molecular formula is C16H24N4OS. The van der Waals surface area contributed by atoms with Gasteiger partial charge in [0.2, 0.25) is 5.91 Å². The zero-order valence-corrected chi connectivity index (χ0v) is 13.7. The maximum atomic E-state index is 12.4. The minimum Gasteiger partial charge on any atom is -0.340 e. The molecule has 0 spiro atoms. The lowest BCUT2D eigenvalue weighted by Gasteiger charge is -2.35. The van der Waals surface area contributed by atoms with Crippen LogP contribution >= 0.6 is 11.8 Å². The summed E-state index contributed by atoms with van der Waals surface area (Å²) in [4.78, 5) is 21.0. The maximum absolute atomic E-state index is 12.4. The van der Waals surface area contributed by atoms with E-state index in [-0.39, 0.29) is 0 Å². The second-order valence-corrected chi connectivity index (χ2v) is 7.10. The molecule has 22 heavy (non-hydrogen) atoms. The molecule has 5 nitrogen and oxygen atoms in total. The van der Waals surface area contributed by atoms with Crippen molar-refractivity contribution in [1.29, 1.82) is 0 Å². The van der Waals surface area contributed by atoms with Gasteiger partial charge in [-0.1, -0.05) is 6.07 Å². The number of thioether (sulfide) groups is 1. The average Bonchev–Trinajstić information content (AvgIpc) is 2.57. The van der Waals surface area contributed by atoms with Crippen LogP contribution < -0.4 is 5.32 Å². The van der Waals surface area contributed by atoms with Crippen molar-refractivity contribution >= 4 is 17.7 Å². The highest BCUT2D eigenvalue weighted by atomic mass is 32.2. The number of pyridine rings is 1. The summed E-state index contributed by atoms with van der Waals surface area (Å²) in [5.41, 5.74) is 1.24. The first kappa shape index (κ1) is 15.8. The van der Waals surface area contributed by atoms with Crippen LogP contribution in [0.4, 0.5) is 0 Å². The predicted molar refractivity (Wildman–Crippen MR) is 89.8 cm³/mol. The monoisotopic (exact) mass is 320 g/mol. The highest BCUT2D eigenvalue weighted by Crippen LogP contribution is 2.13. The second-order valence-electron chi connectivity index (χ2n) is 5.95. The van der Waals surface area contributed by atoms with Gasteiger partial charge in [-0.15, -0.1) is 0 Å². The van der Waals surface area contributed by atoms with Crippen LogP contribution in [0.1, 0.15) is 12.0 Å². The molecule has 0 aromatic carbocycles. The third kappa shape index (κ3) is 4.44. The van der Waals surface area contributed by atoms with Gasteiger partial charge < -0.3 is 10.2 Å². The van der Waals surface area contributed by atoms with E-state index in [1.807, 2.05) is 28.9 Å². The summed E-state index contributed by atoms with van der Waals surface area (Å²) in [6.07, 6.45) is 4.37. The van der Waals surface area contributed by atoms with Crippen LogP contribution in [0.25, 0.3) is 0 Å². The zero-order chi connectivity index (χ0) is 15.2. The van der Waals surface area contributed by atoms with Gasteiger partial charge in [0.1, 0.15) is 0 Å². The molecule has 3 heterocycles. The minimum atomic E-state index is 0.307. The summed E-state index contributed by atoms with van der Waals surface area (Å²) in [5.74, 6) is 2.53. The Balaban J connectivity index is 1.42. The van der Waals surface area contributed by atoms with E-state index >= 15 is 0 Å². The molecule has 1 aromatic heterocycles. The molecule has 2 aliphatic heterocycles. The van der Waals surface area contributed by atoms with Crippen molar-refractivity contribution in [3.8, 4) is 0 Å². The van der Waals surface area contributed by atoms with Crippen LogP contribution in [0.2, 0.25) is 0 Å². The van der Waals surface area contributed by atoms with Gasteiger partial charge in [0.25, 0.3) is 0 Å². The van der Waals surface area contributed by atoms with Gasteiger partial charge in [-0.25, -0.2) is 0 Å². The number of aromatic nitrogens is 1. The van der Waals surface area contributed by atoms with E-state index in [0.29, 0.717) is 18.4 Å². The summed E-state index contributed by atoms with van der Waals surface area (Å²) in [6.45, 7) is 5.55. The van der Waals surface area contributed by atoms with E-state index in [1.54, 1.807) is 6.20 Å². The van der Waals surface area contributed by atoms with Gasteiger partial charge in [-0.3, -0.25) is 14.7 Å². The molecule has 0 radical (unpaired) electrons. The van der Waals surface area contributed by atoms with E-state index in [0.717, 1.165) is 50.8 Å². The maximum Gasteiger partial charge on any atom is 0.224 e. The van der Waals surface area contributed by atoms with Crippen LogP contribution in [-0.2, 0) is 11.3 Å². The number of rotatable bonds is 4. The minimum absolute atomic E-state index is 0.307. The standard InChI is InChI=1S/C16H24N4OS/c21-16(10-15-13-22-9-4-18-15)20-7-5-19(6-8-20)12-14-2-1-3-17-11-14/h1-3,11,15,18H,4-10,12-13H2. The fourth-order valence-electron chi connectivity index (χ4n) is 3.00. The number of carbonyl (C=O) groups is 1. The van der Waals surface area contributed by atoms with Crippen molar-refractivity contribution < 1.29 is 4.79 Å². The number of carbonyl (C=O) groups excluding carboxylic acids is 1. The molecule has 2 aliphatic rings. The van der Waals surface area contributed by atoms with E-state index in [9.17, 15) is 4.79 Å². The SMILES string of the molecule is O=C(CC1CSCCN1)N1CCN(Cc2cccnc2)CC1. The first-order chi connectivity index (χ1) is 10.8. The predicted octanol–water partition coefficient (Wildman–Crippen LogP) is 0.821. The molecule has 1 N–H and O–H groups in total. The van der Waals surface area contributed by atoms with Crippen molar-refractivity contribution in [2.24, 2.45) is 0 Å². The van der Waals surface area contributed by atoms with Crippen LogP contribution in [-0.4, -0.2) is 71.0 Å². The second kappa shape index (κ2) is 7.94. The molecule has 1 amide bonds. The Hall–Kier alpha value is -1.11. The number of hydrogen-bond donors (Lipinski definition) is 1. The molecule has 0 bridgehead atoms.